The maximum Gasteiger partial charge on any atom is 0.228 e. The summed E-state index contributed by atoms with van der Waals surface area (Å²) in [6.07, 6.45) is 5.30. The van der Waals surface area contributed by atoms with Crippen LogP contribution in [0.4, 0.5) is 5.69 Å². The molecule has 4 aromatic rings. The van der Waals surface area contributed by atoms with Gasteiger partial charge in [-0.25, -0.2) is 4.21 Å². The van der Waals surface area contributed by atoms with Crippen LogP contribution >= 0.6 is 0 Å². The number of ether oxygens (including phenoxy) is 1. The number of fused-ring (bicyclic) bond motifs is 1. The van der Waals surface area contributed by atoms with E-state index in [1.807, 2.05) is 56.8 Å². The molecule has 2 aromatic carbocycles. The first kappa shape index (κ1) is 23.6. The number of nitrogens with zero attached hydrogens (tertiary/aromatic N) is 3. The lowest BCUT2D eigenvalue weighted by molar-refractivity contribution is -0.115. The molecular weight excluding hydrogens is 452 g/mol. The third kappa shape index (κ3) is 5.32. The Morgan fingerprint density at radius 3 is 2.62 bits per heavy atom. The summed E-state index contributed by atoms with van der Waals surface area (Å²) >= 11 is -2.10. The van der Waals surface area contributed by atoms with Gasteiger partial charge in [-0.05, 0) is 69.2 Å². The monoisotopic (exact) mass is 478 g/mol. The quantitative estimate of drug-likeness (QED) is 0.376. The molecule has 0 saturated carbocycles. The molecule has 0 aliphatic rings. The average molecular weight is 479 g/mol. The van der Waals surface area contributed by atoms with Crippen molar-refractivity contribution in [3.8, 4) is 11.5 Å². The van der Waals surface area contributed by atoms with Gasteiger partial charge in [0.2, 0.25) is 5.91 Å². The second kappa shape index (κ2) is 9.36. The number of aryl methyl sites for hydroxylation is 1. The van der Waals surface area contributed by atoms with Crippen LogP contribution in [-0.2, 0) is 27.8 Å². The number of hydrogen-bond acceptors (Lipinski definition) is 5. The largest absolute Gasteiger partial charge is 0.456 e. The zero-order chi connectivity index (χ0) is 24.5. The van der Waals surface area contributed by atoms with Gasteiger partial charge < -0.3 is 14.6 Å². The molecule has 2 aromatic heterocycles. The first-order chi connectivity index (χ1) is 16.1. The van der Waals surface area contributed by atoms with E-state index in [-0.39, 0.29) is 22.8 Å². The van der Waals surface area contributed by atoms with Crippen LogP contribution < -0.4 is 10.1 Å². The third-order valence-corrected chi connectivity index (χ3v) is 5.91. The van der Waals surface area contributed by atoms with Gasteiger partial charge in [0.05, 0.1) is 34.3 Å². The number of aromatic nitrogens is 3. The summed E-state index contributed by atoms with van der Waals surface area (Å²) in [5.74, 6) is 1.02. The smallest absolute Gasteiger partial charge is 0.228 e. The molecule has 2 N–H and O–H groups in total. The Balaban J connectivity index is 1.48. The molecule has 0 bridgehead atoms. The summed E-state index contributed by atoms with van der Waals surface area (Å²) < 4.78 is 28.8. The number of nitrogens with one attached hydrogen (secondary N) is 1. The van der Waals surface area contributed by atoms with Crippen molar-refractivity contribution in [2.24, 2.45) is 0 Å². The molecule has 176 valence electrons. The zero-order valence-electron chi connectivity index (χ0n) is 19.4. The van der Waals surface area contributed by atoms with Crippen LogP contribution in [0.15, 0.2) is 66.0 Å². The highest BCUT2D eigenvalue weighted by Gasteiger charge is 2.15. The molecule has 8 nitrogen and oxygen atoms in total. The van der Waals surface area contributed by atoms with E-state index >= 15 is 0 Å². The number of carbonyl (C=O) groups excluding carboxylic acids is 1. The van der Waals surface area contributed by atoms with Crippen LogP contribution in [0, 0.1) is 6.92 Å². The van der Waals surface area contributed by atoms with Crippen LogP contribution in [0.5, 0.6) is 11.5 Å². The van der Waals surface area contributed by atoms with Gasteiger partial charge in [-0.15, -0.1) is 0 Å². The molecule has 0 fully saturated rings. The molecule has 0 spiro atoms. The summed E-state index contributed by atoms with van der Waals surface area (Å²) in [7, 11) is 0. The van der Waals surface area contributed by atoms with Gasteiger partial charge in [-0.1, -0.05) is 12.1 Å². The lowest BCUT2D eigenvalue weighted by Gasteiger charge is -2.18. The zero-order valence-corrected chi connectivity index (χ0v) is 20.2. The number of pyridine rings is 1. The van der Waals surface area contributed by atoms with Crippen LogP contribution in [0.1, 0.15) is 31.9 Å². The molecule has 4 rings (SSSR count). The fourth-order valence-electron chi connectivity index (χ4n) is 3.50. The highest BCUT2D eigenvalue weighted by Crippen LogP contribution is 2.32. The van der Waals surface area contributed by atoms with Gasteiger partial charge in [0.25, 0.3) is 0 Å². The van der Waals surface area contributed by atoms with Crippen molar-refractivity contribution in [1.82, 2.24) is 14.8 Å². The SMILES string of the molecule is Cc1cc(CC(=O)Nc2cnn(C(C)(C)C)c2)ccc1Oc1ccnc2ccc(S(=O)O)cc12. The van der Waals surface area contributed by atoms with E-state index in [2.05, 4.69) is 15.4 Å². The van der Waals surface area contributed by atoms with Crippen molar-refractivity contribution < 1.29 is 18.3 Å². The van der Waals surface area contributed by atoms with Gasteiger partial charge in [-0.3, -0.25) is 14.5 Å². The Morgan fingerprint density at radius 1 is 1.15 bits per heavy atom. The van der Waals surface area contributed by atoms with E-state index in [1.165, 1.54) is 0 Å². The highest BCUT2D eigenvalue weighted by molar-refractivity contribution is 7.79. The standard InChI is InChI=1S/C25H26N4O4S/c1-16-11-17(12-24(30)28-18-14-27-29(15-18)25(2,3)4)5-8-22(16)33-23-9-10-26-21-7-6-19(34(31)32)13-20(21)23/h5-11,13-15H,12H2,1-4H3,(H,28,30)(H,31,32). The minimum Gasteiger partial charge on any atom is -0.456 e. The summed E-state index contributed by atoms with van der Waals surface area (Å²) in [4.78, 5) is 17.1. The lowest BCUT2D eigenvalue weighted by Crippen LogP contribution is -2.22. The van der Waals surface area contributed by atoms with Crippen molar-refractivity contribution >= 4 is 33.6 Å². The van der Waals surface area contributed by atoms with Crippen molar-refractivity contribution in [3.05, 3.63) is 72.2 Å². The fraction of sp³-hybridized carbons (Fsp3) is 0.240. The highest BCUT2D eigenvalue weighted by atomic mass is 32.2. The second-order valence-electron chi connectivity index (χ2n) is 9.01. The minimum atomic E-state index is -2.10. The van der Waals surface area contributed by atoms with Crippen molar-refractivity contribution in [3.63, 3.8) is 0 Å². The number of anilines is 1. The molecule has 0 aliphatic heterocycles. The molecule has 9 heteroatoms. The van der Waals surface area contributed by atoms with Crippen LogP contribution in [0.25, 0.3) is 10.9 Å². The van der Waals surface area contributed by atoms with Crippen LogP contribution in [0.3, 0.4) is 0 Å². The van der Waals surface area contributed by atoms with E-state index in [0.717, 1.165) is 11.1 Å². The third-order valence-electron chi connectivity index (χ3n) is 5.25. The van der Waals surface area contributed by atoms with E-state index < -0.39 is 11.1 Å². The maximum absolute atomic E-state index is 12.5. The fourth-order valence-corrected chi connectivity index (χ4v) is 3.90. The Kier molecular flexibility index (Phi) is 6.49. The molecule has 0 aliphatic carbocycles. The molecule has 1 atom stereocenters. The van der Waals surface area contributed by atoms with Gasteiger partial charge >= 0.3 is 0 Å². The Bertz CT molecular complexity index is 1390. The minimum absolute atomic E-state index is 0.133. The van der Waals surface area contributed by atoms with Gasteiger partial charge in [0.15, 0.2) is 11.1 Å². The average Bonchev–Trinajstić information content (AvgIpc) is 3.24. The molecule has 1 unspecified atom stereocenters. The lowest BCUT2D eigenvalue weighted by atomic mass is 10.1. The molecule has 0 saturated heterocycles. The Labute approximate surface area is 200 Å². The first-order valence-electron chi connectivity index (χ1n) is 10.7. The van der Waals surface area contributed by atoms with E-state index in [0.29, 0.717) is 28.1 Å². The molecular formula is C25H26N4O4S. The molecule has 0 radical (unpaired) electrons. The van der Waals surface area contributed by atoms with Crippen LogP contribution in [-0.4, -0.2) is 29.4 Å². The molecule has 2 heterocycles. The molecule has 34 heavy (non-hydrogen) atoms. The predicted octanol–water partition coefficient (Wildman–Crippen LogP) is 5.05. The Morgan fingerprint density at radius 2 is 1.94 bits per heavy atom. The number of carbonyl (C=O) groups is 1. The Hall–Kier alpha value is -3.56. The first-order valence-corrected chi connectivity index (χ1v) is 11.8. The maximum atomic E-state index is 12.5. The predicted molar refractivity (Wildman–Crippen MR) is 132 cm³/mol. The summed E-state index contributed by atoms with van der Waals surface area (Å²) in [6.45, 7) is 8.03. The van der Waals surface area contributed by atoms with Crippen molar-refractivity contribution in [1.29, 1.82) is 0 Å². The van der Waals surface area contributed by atoms with Crippen molar-refractivity contribution in [2.45, 2.75) is 44.6 Å². The normalized spacial score (nSPS) is 12.5. The number of amides is 1. The van der Waals surface area contributed by atoms with E-state index in [1.54, 1.807) is 36.7 Å². The van der Waals surface area contributed by atoms with E-state index in [9.17, 15) is 13.6 Å². The summed E-state index contributed by atoms with van der Waals surface area (Å²) in [5.41, 5.74) is 2.87. The van der Waals surface area contributed by atoms with Gasteiger partial charge in [0, 0.05) is 17.8 Å². The summed E-state index contributed by atoms with van der Waals surface area (Å²) in [5, 5.41) is 7.83. The second-order valence-corrected chi connectivity index (χ2v) is 9.98. The van der Waals surface area contributed by atoms with Gasteiger partial charge in [0.1, 0.15) is 11.5 Å². The number of benzene rings is 2. The number of hydrogen-bond donors (Lipinski definition) is 2. The van der Waals surface area contributed by atoms with Crippen LogP contribution in [0.2, 0.25) is 0 Å². The van der Waals surface area contributed by atoms with Gasteiger partial charge in [-0.2, -0.15) is 5.10 Å². The number of rotatable bonds is 6. The van der Waals surface area contributed by atoms with Crippen molar-refractivity contribution in [2.75, 3.05) is 5.32 Å². The molecule has 1 amide bonds. The van der Waals surface area contributed by atoms with E-state index in [4.69, 9.17) is 4.74 Å². The topological polar surface area (TPSA) is 106 Å². The summed E-state index contributed by atoms with van der Waals surface area (Å²) in [6, 6.07) is 12.1.